The highest BCUT2D eigenvalue weighted by Gasteiger charge is 2.30. The summed E-state index contributed by atoms with van der Waals surface area (Å²) in [6.45, 7) is 12.8. The smallest absolute Gasteiger partial charge is 0.228 e. The Morgan fingerprint density at radius 3 is 2.38 bits per heavy atom. The number of nitriles is 1. The maximum absolute atomic E-state index is 12.5. The van der Waals surface area contributed by atoms with Gasteiger partial charge < -0.3 is 9.80 Å². The third-order valence-electron chi connectivity index (χ3n) is 4.92. The second-order valence-electron chi connectivity index (χ2n) is 8.14. The molecule has 0 spiro atoms. The van der Waals surface area contributed by atoms with Gasteiger partial charge in [-0.15, -0.1) is 0 Å². The third-order valence-corrected chi connectivity index (χ3v) is 4.92. The molecule has 5 nitrogen and oxygen atoms in total. The second-order valence-corrected chi connectivity index (χ2v) is 8.14. The Kier molecular flexibility index (Phi) is 4.62. The lowest BCUT2D eigenvalue weighted by molar-refractivity contribution is -0.139. The van der Waals surface area contributed by atoms with Gasteiger partial charge in [-0.05, 0) is 25.5 Å². The largest absolute Gasteiger partial charge is 0.366 e. The van der Waals surface area contributed by atoms with E-state index >= 15 is 0 Å². The first-order valence-corrected chi connectivity index (χ1v) is 9.07. The van der Waals surface area contributed by atoms with Crippen LogP contribution in [0.5, 0.6) is 0 Å². The lowest BCUT2D eigenvalue weighted by atomic mass is 9.94. The highest BCUT2D eigenvalue weighted by Crippen LogP contribution is 2.32. The van der Waals surface area contributed by atoms with Gasteiger partial charge in [0.2, 0.25) is 5.91 Å². The Hall–Kier alpha value is -2.61. The van der Waals surface area contributed by atoms with E-state index in [2.05, 4.69) is 41.9 Å². The number of amides is 1. The lowest BCUT2D eigenvalue weighted by Gasteiger charge is -2.39. The summed E-state index contributed by atoms with van der Waals surface area (Å²) in [7, 11) is 0. The first-order chi connectivity index (χ1) is 12.2. The Bertz CT molecular complexity index is 897. The zero-order valence-corrected chi connectivity index (χ0v) is 16.3. The molecule has 1 aliphatic rings. The van der Waals surface area contributed by atoms with Gasteiger partial charge in [0.15, 0.2) is 0 Å². The van der Waals surface area contributed by atoms with Crippen LogP contribution in [0.15, 0.2) is 18.3 Å². The van der Waals surface area contributed by atoms with Crippen LogP contribution in [0.25, 0.3) is 10.9 Å². The van der Waals surface area contributed by atoms with Gasteiger partial charge in [0.1, 0.15) is 6.07 Å². The van der Waals surface area contributed by atoms with Crippen molar-refractivity contribution in [1.29, 1.82) is 5.26 Å². The van der Waals surface area contributed by atoms with Gasteiger partial charge in [0.25, 0.3) is 0 Å². The standard InChI is InChI=1S/C21H26N4O/c1-14-10-15(2)18-17(11-14)19(16(12-22)13-23-18)24-6-8-25(9-7-24)20(26)21(3,4)5/h10-11,13H,6-9H2,1-5H3. The van der Waals surface area contributed by atoms with Gasteiger partial charge >= 0.3 is 0 Å². The number of hydrogen-bond donors (Lipinski definition) is 0. The van der Waals surface area contributed by atoms with E-state index in [1.165, 1.54) is 0 Å². The van der Waals surface area contributed by atoms with Crippen LogP contribution in [0.4, 0.5) is 5.69 Å². The SMILES string of the molecule is Cc1cc(C)c2ncc(C#N)c(N3CCN(C(=O)C(C)(C)C)CC3)c2c1. The quantitative estimate of drug-likeness (QED) is 0.791. The minimum absolute atomic E-state index is 0.184. The number of rotatable bonds is 1. The summed E-state index contributed by atoms with van der Waals surface area (Å²) >= 11 is 0. The number of aryl methyl sites for hydroxylation is 2. The molecule has 1 aromatic carbocycles. The zero-order chi connectivity index (χ0) is 19.1. The summed E-state index contributed by atoms with van der Waals surface area (Å²) in [6.07, 6.45) is 1.67. The van der Waals surface area contributed by atoms with Gasteiger partial charge in [-0.2, -0.15) is 5.26 Å². The number of anilines is 1. The first-order valence-electron chi connectivity index (χ1n) is 9.07. The van der Waals surface area contributed by atoms with Crippen LogP contribution in [0.2, 0.25) is 0 Å². The molecule has 1 amide bonds. The van der Waals surface area contributed by atoms with Crippen LogP contribution in [-0.2, 0) is 4.79 Å². The van der Waals surface area contributed by atoms with E-state index in [1.54, 1.807) is 6.20 Å². The number of benzene rings is 1. The zero-order valence-electron chi connectivity index (χ0n) is 16.3. The number of carbonyl (C=O) groups excluding carboxylic acids is 1. The number of pyridine rings is 1. The van der Waals surface area contributed by atoms with Gasteiger partial charge in [-0.3, -0.25) is 9.78 Å². The average Bonchev–Trinajstić information content (AvgIpc) is 2.59. The van der Waals surface area contributed by atoms with Gasteiger partial charge in [0.05, 0.1) is 16.8 Å². The number of aromatic nitrogens is 1. The Balaban J connectivity index is 1.97. The van der Waals surface area contributed by atoms with Crippen LogP contribution in [-0.4, -0.2) is 42.0 Å². The fourth-order valence-corrected chi connectivity index (χ4v) is 3.68. The monoisotopic (exact) mass is 350 g/mol. The van der Waals surface area contributed by atoms with Gasteiger partial charge in [-0.25, -0.2) is 0 Å². The number of nitrogens with zero attached hydrogens (tertiary/aromatic N) is 4. The van der Waals surface area contributed by atoms with Crippen molar-refractivity contribution in [3.05, 3.63) is 35.0 Å². The lowest BCUT2D eigenvalue weighted by Crippen LogP contribution is -2.51. The van der Waals surface area contributed by atoms with E-state index in [0.717, 1.165) is 40.8 Å². The first kappa shape index (κ1) is 18.2. The highest BCUT2D eigenvalue weighted by atomic mass is 16.2. The fourth-order valence-electron chi connectivity index (χ4n) is 3.68. The summed E-state index contributed by atoms with van der Waals surface area (Å²) in [5.74, 6) is 0.184. The van der Waals surface area contributed by atoms with Crippen molar-refractivity contribution in [2.75, 3.05) is 31.1 Å². The third kappa shape index (κ3) is 3.24. The molecule has 5 heteroatoms. The van der Waals surface area contributed by atoms with Crippen LogP contribution < -0.4 is 4.90 Å². The van der Waals surface area contributed by atoms with Crippen molar-refractivity contribution in [2.45, 2.75) is 34.6 Å². The molecule has 0 radical (unpaired) electrons. The van der Waals surface area contributed by atoms with E-state index in [0.29, 0.717) is 18.7 Å². The minimum Gasteiger partial charge on any atom is -0.366 e. The van der Waals surface area contributed by atoms with Crippen LogP contribution in [0, 0.1) is 30.6 Å². The molecule has 3 rings (SSSR count). The predicted octanol–water partition coefficient (Wildman–Crippen LogP) is 3.42. The normalized spacial score (nSPS) is 15.2. The molecular weight excluding hydrogens is 324 g/mol. The molecule has 26 heavy (non-hydrogen) atoms. The Morgan fingerprint density at radius 2 is 1.81 bits per heavy atom. The molecule has 0 aliphatic carbocycles. The molecule has 1 aromatic heterocycles. The Labute approximate surface area is 155 Å². The molecule has 136 valence electrons. The molecule has 1 saturated heterocycles. The summed E-state index contributed by atoms with van der Waals surface area (Å²) in [4.78, 5) is 21.2. The molecule has 0 unspecified atom stereocenters. The van der Waals surface area contributed by atoms with Crippen LogP contribution >= 0.6 is 0 Å². The van der Waals surface area contributed by atoms with Crippen molar-refractivity contribution in [3.63, 3.8) is 0 Å². The number of fused-ring (bicyclic) bond motifs is 1. The molecule has 2 heterocycles. The number of hydrogen-bond acceptors (Lipinski definition) is 4. The molecule has 0 bridgehead atoms. The second kappa shape index (κ2) is 6.60. The van der Waals surface area contributed by atoms with Gasteiger partial charge in [0, 0.05) is 43.2 Å². The van der Waals surface area contributed by atoms with Crippen molar-refractivity contribution in [1.82, 2.24) is 9.88 Å². The van der Waals surface area contributed by atoms with Crippen molar-refractivity contribution in [3.8, 4) is 6.07 Å². The topological polar surface area (TPSA) is 60.2 Å². The van der Waals surface area contributed by atoms with Gasteiger partial charge in [-0.1, -0.05) is 32.4 Å². The molecule has 0 saturated carbocycles. The summed E-state index contributed by atoms with van der Waals surface area (Å²) in [6, 6.07) is 6.52. The van der Waals surface area contributed by atoms with E-state index in [1.807, 2.05) is 25.7 Å². The maximum Gasteiger partial charge on any atom is 0.228 e. The van der Waals surface area contributed by atoms with Crippen LogP contribution in [0.3, 0.4) is 0 Å². The van der Waals surface area contributed by atoms with Crippen molar-refractivity contribution < 1.29 is 4.79 Å². The summed E-state index contributed by atoms with van der Waals surface area (Å²) in [5.41, 5.74) is 4.41. The maximum atomic E-state index is 12.5. The summed E-state index contributed by atoms with van der Waals surface area (Å²) < 4.78 is 0. The minimum atomic E-state index is -0.364. The molecular formula is C21H26N4O. The highest BCUT2D eigenvalue weighted by molar-refractivity contribution is 5.96. The van der Waals surface area contributed by atoms with Crippen molar-refractivity contribution >= 4 is 22.5 Å². The van der Waals surface area contributed by atoms with E-state index < -0.39 is 0 Å². The predicted molar refractivity (Wildman–Crippen MR) is 104 cm³/mol. The summed E-state index contributed by atoms with van der Waals surface area (Å²) in [5, 5.41) is 10.6. The van der Waals surface area contributed by atoms with E-state index in [4.69, 9.17) is 0 Å². The molecule has 0 N–H and O–H groups in total. The molecule has 1 aliphatic heterocycles. The van der Waals surface area contributed by atoms with E-state index in [9.17, 15) is 10.1 Å². The number of piperazine rings is 1. The molecule has 1 fully saturated rings. The molecule has 0 atom stereocenters. The molecule has 2 aromatic rings. The Morgan fingerprint density at radius 1 is 1.15 bits per heavy atom. The fraction of sp³-hybridized carbons (Fsp3) is 0.476. The van der Waals surface area contributed by atoms with Crippen molar-refractivity contribution in [2.24, 2.45) is 5.41 Å². The van der Waals surface area contributed by atoms with E-state index in [-0.39, 0.29) is 11.3 Å². The van der Waals surface area contributed by atoms with Crippen LogP contribution in [0.1, 0.15) is 37.5 Å². The average molecular weight is 350 g/mol. The number of carbonyl (C=O) groups is 1.